The Labute approximate surface area is 200 Å². The fraction of sp³-hybridized carbons (Fsp3) is 0.250. The SMILES string of the molecule is CCN(CC)C(=O)Oc1ccc2c(ccn2Cc2ccccc2)c1-c1ccc(OC)c(OC)c1. The summed E-state index contributed by atoms with van der Waals surface area (Å²) < 4.78 is 19.1. The van der Waals surface area contributed by atoms with Crippen molar-refractivity contribution in [3.63, 3.8) is 0 Å². The van der Waals surface area contributed by atoms with Crippen LogP contribution in [0.4, 0.5) is 4.79 Å². The van der Waals surface area contributed by atoms with Gasteiger partial charge in [-0.25, -0.2) is 4.79 Å². The van der Waals surface area contributed by atoms with Crippen LogP contribution in [0.2, 0.25) is 0 Å². The van der Waals surface area contributed by atoms with Crippen molar-refractivity contribution in [2.45, 2.75) is 20.4 Å². The summed E-state index contributed by atoms with van der Waals surface area (Å²) in [6, 6.07) is 22.0. The van der Waals surface area contributed by atoms with E-state index in [9.17, 15) is 4.79 Å². The first-order chi connectivity index (χ1) is 16.6. The number of hydrogen-bond donors (Lipinski definition) is 0. The van der Waals surface area contributed by atoms with Crippen LogP contribution < -0.4 is 14.2 Å². The van der Waals surface area contributed by atoms with Gasteiger partial charge in [0.05, 0.1) is 14.2 Å². The lowest BCUT2D eigenvalue weighted by Gasteiger charge is -2.20. The molecule has 6 nitrogen and oxygen atoms in total. The highest BCUT2D eigenvalue weighted by atomic mass is 16.6. The molecule has 0 bridgehead atoms. The molecule has 6 heteroatoms. The molecule has 0 aliphatic carbocycles. The first kappa shape index (κ1) is 23.2. The van der Waals surface area contributed by atoms with Crippen LogP contribution in [0.3, 0.4) is 0 Å². The summed E-state index contributed by atoms with van der Waals surface area (Å²) in [5.74, 6) is 1.76. The largest absolute Gasteiger partial charge is 0.493 e. The van der Waals surface area contributed by atoms with Crippen LogP contribution in [0.25, 0.3) is 22.0 Å². The third-order valence-corrected chi connectivity index (χ3v) is 6.00. The molecule has 1 amide bonds. The lowest BCUT2D eigenvalue weighted by molar-refractivity contribution is 0.157. The number of carbonyl (C=O) groups is 1. The molecule has 0 fully saturated rings. The number of hydrogen-bond acceptors (Lipinski definition) is 4. The van der Waals surface area contributed by atoms with E-state index in [1.807, 2.05) is 62.4 Å². The standard InChI is InChI=1S/C28H30N2O4/c1-5-29(6-2)28(31)34-25-15-13-23-22(16-17-30(23)19-20-10-8-7-9-11-20)27(25)21-12-14-24(32-3)26(18-21)33-4/h7-18H,5-6,19H2,1-4H3. The molecule has 0 saturated heterocycles. The van der Waals surface area contributed by atoms with Crippen molar-refractivity contribution in [2.75, 3.05) is 27.3 Å². The Morgan fingerprint density at radius 2 is 1.56 bits per heavy atom. The second kappa shape index (κ2) is 10.3. The van der Waals surface area contributed by atoms with E-state index in [0.717, 1.165) is 28.6 Å². The van der Waals surface area contributed by atoms with E-state index >= 15 is 0 Å². The number of nitrogens with zero attached hydrogens (tertiary/aromatic N) is 2. The molecule has 4 rings (SSSR count). The summed E-state index contributed by atoms with van der Waals surface area (Å²) in [6.45, 7) is 5.78. The van der Waals surface area contributed by atoms with E-state index in [0.29, 0.717) is 30.3 Å². The molecule has 1 heterocycles. The molecule has 4 aromatic rings. The predicted octanol–water partition coefficient (Wildman–Crippen LogP) is 6.21. The molecule has 3 aromatic carbocycles. The molecule has 0 saturated carbocycles. The molecule has 176 valence electrons. The lowest BCUT2D eigenvalue weighted by Crippen LogP contribution is -2.33. The average molecular weight is 459 g/mol. The molecule has 1 aromatic heterocycles. The Morgan fingerprint density at radius 3 is 2.24 bits per heavy atom. The summed E-state index contributed by atoms with van der Waals surface area (Å²) in [4.78, 5) is 14.5. The van der Waals surface area contributed by atoms with Crippen molar-refractivity contribution in [3.05, 3.63) is 78.5 Å². The topological polar surface area (TPSA) is 52.9 Å². The number of benzene rings is 3. The van der Waals surface area contributed by atoms with Gasteiger partial charge in [0.2, 0.25) is 0 Å². The second-order valence-electron chi connectivity index (χ2n) is 7.91. The number of fused-ring (bicyclic) bond motifs is 1. The second-order valence-corrected chi connectivity index (χ2v) is 7.91. The highest BCUT2D eigenvalue weighted by Gasteiger charge is 2.20. The van der Waals surface area contributed by atoms with Crippen molar-refractivity contribution < 1.29 is 19.0 Å². The van der Waals surface area contributed by atoms with Crippen molar-refractivity contribution in [3.8, 4) is 28.4 Å². The summed E-state index contributed by atoms with van der Waals surface area (Å²) >= 11 is 0. The monoisotopic (exact) mass is 458 g/mol. The highest BCUT2D eigenvalue weighted by molar-refractivity contribution is 6.00. The van der Waals surface area contributed by atoms with Crippen LogP contribution in [0.1, 0.15) is 19.4 Å². The van der Waals surface area contributed by atoms with Gasteiger partial charge < -0.3 is 23.7 Å². The molecular formula is C28H30N2O4. The zero-order valence-electron chi connectivity index (χ0n) is 20.1. The van der Waals surface area contributed by atoms with E-state index < -0.39 is 0 Å². The fourth-order valence-corrected chi connectivity index (χ4v) is 4.19. The van der Waals surface area contributed by atoms with Crippen LogP contribution in [0, 0.1) is 0 Å². The molecule has 0 spiro atoms. The Bertz CT molecular complexity index is 1280. The summed E-state index contributed by atoms with van der Waals surface area (Å²) in [5.41, 5.74) is 3.98. The van der Waals surface area contributed by atoms with Gasteiger partial charge in [0.25, 0.3) is 0 Å². The Hall–Kier alpha value is -3.93. The molecule has 0 unspecified atom stereocenters. The Kier molecular flexibility index (Phi) is 7.07. The third kappa shape index (κ3) is 4.57. The van der Waals surface area contributed by atoms with E-state index in [-0.39, 0.29) is 6.09 Å². The minimum absolute atomic E-state index is 0.366. The molecule has 0 atom stereocenters. The number of rotatable bonds is 8. The average Bonchev–Trinajstić information content (AvgIpc) is 3.27. The molecule has 0 aliphatic heterocycles. The van der Waals surface area contributed by atoms with Crippen LogP contribution >= 0.6 is 0 Å². The van der Waals surface area contributed by atoms with E-state index in [1.165, 1.54) is 5.56 Å². The molecule has 34 heavy (non-hydrogen) atoms. The fourth-order valence-electron chi connectivity index (χ4n) is 4.19. The van der Waals surface area contributed by atoms with E-state index in [2.05, 4.69) is 29.0 Å². The number of aromatic nitrogens is 1. The van der Waals surface area contributed by atoms with Gasteiger partial charge in [-0.15, -0.1) is 0 Å². The van der Waals surface area contributed by atoms with Gasteiger partial charge in [-0.3, -0.25) is 0 Å². The van der Waals surface area contributed by atoms with Crippen LogP contribution in [0.15, 0.2) is 72.9 Å². The molecule has 0 aliphatic rings. The first-order valence-electron chi connectivity index (χ1n) is 11.4. The lowest BCUT2D eigenvalue weighted by atomic mass is 10.00. The van der Waals surface area contributed by atoms with Crippen LogP contribution in [-0.4, -0.2) is 42.9 Å². The summed E-state index contributed by atoms with van der Waals surface area (Å²) in [5, 5.41) is 0.994. The maximum absolute atomic E-state index is 12.8. The van der Waals surface area contributed by atoms with Gasteiger partial charge in [-0.2, -0.15) is 0 Å². The number of methoxy groups -OCH3 is 2. The number of carbonyl (C=O) groups excluding carboxylic acids is 1. The van der Waals surface area contributed by atoms with Gasteiger partial charge >= 0.3 is 6.09 Å². The quantitative estimate of drug-likeness (QED) is 0.315. The van der Waals surface area contributed by atoms with Gasteiger partial charge in [-0.1, -0.05) is 36.4 Å². The van der Waals surface area contributed by atoms with Crippen molar-refractivity contribution >= 4 is 17.0 Å². The Balaban J connectivity index is 1.85. The normalized spacial score (nSPS) is 10.8. The zero-order chi connectivity index (χ0) is 24.1. The molecule has 0 radical (unpaired) electrons. The summed E-state index contributed by atoms with van der Waals surface area (Å²) in [7, 11) is 3.22. The van der Waals surface area contributed by atoms with Crippen molar-refractivity contribution in [1.82, 2.24) is 9.47 Å². The molecule has 0 N–H and O–H groups in total. The van der Waals surface area contributed by atoms with Crippen LogP contribution in [0.5, 0.6) is 17.2 Å². The summed E-state index contributed by atoms with van der Waals surface area (Å²) in [6.07, 6.45) is 1.70. The van der Waals surface area contributed by atoms with Crippen molar-refractivity contribution in [1.29, 1.82) is 0 Å². The minimum Gasteiger partial charge on any atom is -0.493 e. The minimum atomic E-state index is -0.366. The smallest absolute Gasteiger partial charge is 0.415 e. The van der Waals surface area contributed by atoms with Gasteiger partial charge in [0, 0.05) is 42.3 Å². The van der Waals surface area contributed by atoms with E-state index in [4.69, 9.17) is 14.2 Å². The third-order valence-electron chi connectivity index (χ3n) is 6.00. The van der Waals surface area contributed by atoms with Crippen molar-refractivity contribution in [2.24, 2.45) is 0 Å². The van der Waals surface area contributed by atoms with Gasteiger partial charge in [-0.05, 0) is 55.3 Å². The van der Waals surface area contributed by atoms with Crippen LogP contribution in [-0.2, 0) is 6.54 Å². The van der Waals surface area contributed by atoms with Gasteiger partial charge in [0.15, 0.2) is 11.5 Å². The number of ether oxygens (including phenoxy) is 3. The maximum atomic E-state index is 12.8. The Morgan fingerprint density at radius 1 is 0.853 bits per heavy atom. The molecular weight excluding hydrogens is 428 g/mol. The maximum Gasteiger partial charge on any atom is 0.415 e. The van der Waals surface area contributed by atoms with Gasteiger partial charge in [0.1, 0.15) is 5.75 Å². The first-order valence-corrected chi connectivity index (χ1v) is 11.4. The van der Waals surface area contributed by atoms with E-state index in [1.54, 1.807) is 19.1 Å². The predicted molar refractivity (Wildman–Crippen MR) is 135 cm³/mol. The highest BCUT2D eigenvalue weighted by Crippen LogP contribution is 2.41. The zero-order valence-corrected chi connectivity index (χ0v) is 20.1. The number of amides is 1.